The summed E-state index contributed by atoms with van der Waals surface area (Å²) in [5.41, 5.74) is 2.06. The van der Waals surface area contributed by atoms with Crippen LogP contribution in [0.25, 0.3) is 0 Å². The number of para-hydroxylation sites is 1. The van der Waals surface area contributed by atoms with Gasteiger partial charge in [0.1, 0.15) is 11.5 Å². The third kappa shape index (κ3) is 4.87. The summed E-state index contributed by atoms with van der Waals surface area (Å²) in [5, 5.41) is 3.50. The van der Waals surface area contributed by atoms with Crippen molar-refractivity contribution >= 4 is 11.6 Å². The van der Waals surface area contributed by atoms with Gasteiger partial charge in [0.2, 0.25) is 5.91 Å². The smallest absolute Gasteiger partial charge is 0.241 e. The van der Waals surface area contributed by atoms with Crippen LogP contribution in [0.2, 0.25) is 0 Å². The molecule has 5 nitrogen and oxygen atoms in total. The Kier molecular flexibility index (Phi) is 5.96. The van der Waals surface area contributed by atoms with E-state index >= 15 is 0 Å². The van der Waals surface area contributed by atoms with E-state index in [1.165, 1.54) is 18.4 Å². The van der Waals surface area contributed by atoms with E-state index in [4.69, 9.17) is 9.15 Å². The summed E-state index contributed by atoms with van der Waals surface area (Å²) in [4.78, 5) is 14.9. The van der Waals surface area contributed by atoms with Gasteiger partial charge in [-0.05, 0) is 60.7 Å². The number of amides is 1. The molecule has 1 aliphatic carbocycles. The van der Waals surface area contributed by atoms with Crippen molar-refractivity contribution in [1.29, 1.82) is 0 Å². The molecule has 4 rings (SSSR count). The highest BCUT2D eigenvalue weighted by molar-refractivity contribution is 5.94. The molecule has 1 amide bonds. The molecular weight excluding hydrogens is 364 g/mol. The summed E-state index contributed by atoms with van der Waals surface area (Å²) in [6.07, 6.45) is 4.01. The van der Waals surface area contributed by atoms with Gasteiger partial charge in [-0.1, -0.05) is 30.3 Å². The van der Waals surface area contributed by atoms with E-state index in [0.717, 1.165) is 17.2 Å². The van der Waals surface area contributed by atoms with Crippen molar-refractivity contribution < 1.29 is 13.9 Å². The first-order valence-electron chi connectivity index (χ1n) is 9.99. The zero-order valence-electron chi connectivity index (χ0n) is 16.6. The van der Waals surface area contributed by atoms with Gasteiger partial charge >= 0.3 is 0 Å². The van der Waals surface area contributed by atoms with Crippen molar-refractivity contribution in [2.24, 2.45) is 5.92 Å². The van der Waals surface area contributed by atoms with Crippen LogP contribution in [-0.4, -0.2) is 19.6 Å². The van der Waals surface area contributed by atoms with Crippen LogP contribution in [0.4, 0.5) is 5.69 Å². The van der Waals surface area contributed by atoms with Gasteiger partial charge < -0.3 is 19.4 Å². The first-order chi connectivity index (χ1) is 14.2. The number of rotatable bonds is 9. The molecule has 29 heavy (non-hydrogen) atoms. The standard InChI is InChI=1S/C24H26N2O3/c1-28-21-13-11-19(12-14-21)24(18-9-10-18)25-16-23(27)26(17-22-8-5-15-29-22)20-6-3-2-4-7-20/h2-8,11-15,18,24-25H,9-10,16-17H2,1H3. The summed E-state index contributed by atoms with van der Waals surface area (Å²) < 4.78 is 10.7. The second kappa shape index (κ2) is 8.97. The molecular formula is C24H26N2O3. The van der Waals surface area contributed by atoms with Gasteiger partial charge in [0.15, 0.2) is 0 Å². The Morgan fingerprint density at radius 3 is 2.48 bits per heavy atom. The Morgan fingerprint density at radius 1 is 1.10 bits per heavy atom. The van der Waals surface area contributed by atoms with Crippen molar-refractivity contribution in [3.63, 3.8) is 0 Å². The molecule has 1 unspecified atom stereocenters. The van der Waals surface area contributed by atoms with Crippen LogP contribution in [0.1, 0.15) is 30.2 Å². The maximum atomic E-state index is 13.2. The van der Waals surface area contributed by atoms with Crippen LogP contribution in [-0.2, 0) is 11.3 Å². The minimum absolute atomic E-state index is 0.0201. The van der Waals surface area contributed by atoms with Gasteiger partial charge in [-0.25, -0.2) is 0 Å². The molecule has 2 aromatic carbocycles. The average Bonchev–Trinajstić information content (AvgIpc) is 3.47. The number of furan rings is 1. The van der Waals surface area contributed by atoms with Crippen molar-refractivity contribution in [3.8, 4) is 5.75 Å². The summed E-state index contributed by atoms with van der Waals surface area (Å²) in [5.74, 6) is 2.20. The fourth-order valence-corrected chi connectivity index (χ4v) is 3.58. The van der Waals surface area contributed by atoms with Crippen molar-refractivity contribution in [2.75, 3.05) is 18.6 Å². The minimum atomic E-state index is 0.0201. The van der Waals surface area contributed by atoms with Crippen LogP contribution in [0, 0.1) is 5.92 Å². The Morgan fingerprint density at radius 2 is 1.86 bits per heavy atom. The molecule has 1 N–H and O–H groups in total. The van der Waals surface area contributed by atoms with Gasteiger partial charge in [0.25, 0.3) is 0 Å². The second-order valence-electron chi connectivity index (χ2n) is 7.36. The van der Waals surface area contributed by atoms with Gasteiger partial charge in [0.05, 0.1) is 26.5 Å². The summed E-state index contributed by atoms with van der Waals surface area (Å²) in [7, 11) is 1.67. The third-order valence-corrected chi connectivity index (χ3v) is 5.30. The van der Waals surface area contributed by atoms with E-state index in [1.807, 2.05) is 54.6 Å². The Labute approximate surface area is 171 Å². The first kappa shape index (κ1) is 19.3. The van der Waals surface area contributed by atoms with E-state index in [9.17, 15) is 4.79 Å². The molecule has 1 aliphatic rings. The molecule has 3 aromatic rings. The lowest BCUT2D eigenvalue weighted by molar-refractivity contribution is -0.118. The van der Waals surface area contributed by atoms with Crippen LogP contribution in [0.3, 0.4) is 0 Å². The Hall–Kier alpha value is -3.05. The van der Waals surface area contributed by atoms with Gasteiger partial charge in [-0.2, -0.15) is 0 Å². The van der Waals surface area contributed by atoms with Crippen molar-refractivity contribution in [1.82, 2.24) is 5.32 Å². The molecule has 1 atom stereocenters. The predicted octanol–water partition coefficient (Wildman–Crippen LogP) is 4.56. The highest BCUT2D eigenvalue weighted by Gasteiger charge is 2.32. The quantitative estimate of drug-likeness (QED) is 0.582. The van der Waals surface area contributed by atoms with Gasteiger partial charge in [-0.15, -0.1) is 0 Å². The maximum absolute atomic E-state index is 13.2. The Balaban J connectivity index is 1.47. The maximum Gasteiger partial charge on any atom is 0.241 e. The number of nitrogens with zero attached hydrogens (tertiary/aromatic N) is 1. The van der Waals surface area contributed by atoms with E-state index < -0.39 is 0 Å². The van der Waals surface area contributed by atoms with Crippen molar-refractivity contribution in [3.05, 3.63) is 84.3 Å². The van der Waals surface area contributed by atoms with Crippen LogP contribution in [0.5, 0.6) is 5.75 Å². The zero-order valence-corrected chi connectivity index (χ0v) is 16.6. The van der Waals surface area contributed by atoms with Crippen LogP contribution in [0.15, 0.2) is 77.4 Å². The number of hydrogen-bond donors (Lipinski definition) is 1. The molecule has 0 spiro atoms. The second-order valence-corrected chi connectivity index (χ2v) is 7.36. The molecule has 0 aliphatic heterocycles. The number of methoxy groups -OCH3 is 1. The number of nitrogens with one attached hydrogen (secondary N) is 1. The van der Waals surface area contributed by atoms with Crippen LogP contribution >= 0.6 is 0 Å². The lowest BCUT2D eigenvalue weighted by atomic mass is 10.0. The SMILES string of the molecule is COc1ccc(C(NCC(=O)N(Cc2ccco2)c2ccccc2)C2CC2)cc1. The predicted molar refractivity (Wildman–Crippen MR) is 113 cm³/mol. The molecule has 1 fully saturated rings. The van der Waals surface area contributed by atoms with E-state index in [2.05, 4.69) is 17.4 Å². The lowest BCUT2D eigenvalue weighted by Gasteiger charge is -2.24. The summed E-state index contributed by atoms with van der Waals surface area (Å²) >= 11 is 0. The Bertz CT molecular complexity index is 903. The summed E-state index contributed by atoms with van der Waals surface area (Å²) in [6, 6.07) is 21.7. The number of carbonyl (C=O) groups is 1. The number of benzene rings is 2. The zero-order chi connectivity index (χ0) is 20.1. The molecule has 1 aromatic heterocycles. The number of carbonyl (C=O) groups excluding carboxylic acids is 1. The molecule has 0 bridgehead atoms. The molecule has 0 saturated heterocycles. The van der Waals surface area contributed by atoms with Gasteiger partial charge in [-0.3, -0.25) is 4.79 Å². The fourth-order valence-electron chi connectivity index (χ4n) is 3.58. The average molecular weight is 390 g/mol. The highest BCUT2D eigenvalue weighted by atomic mass is 16.5. The van der Waals surface area contributed by atoms with E-state index in [1.54, 1.807) is 18.3 Å². The third-order valence-electron chi connectivity index (χ3n) is 5.30. The van der Waals surface area contributed by atoms with Crippen molar-refractivity contribution in [2.45, 2.75) is 25.4 Å². The topological polar surface area (TPSA) is 54.7 Å². The van der Waals surface area contributed by atoms with E-state index in [-0.39, 0.29) is 18.5 Å². The summed E-state index contributed by atoms with van der Waals surface area (Å²) in [6.45, 7) is 0.678. The normalized spacial score (nSPS) is 14.4. The van der Waals surface area contributed by atoms with Crippen LogP contribution < -0.4 is 15.0 Å². The first-order valence-corrected chi connectivity index (χ1v) is 9.99. The largest absolute Gasteiger partial charge is 0.497 e. The molecule has 0 radical (unpaired) electrons. The number of hydrogen-bond acceptors (Lipinski definition) is 4. The molecule has 150 valence electrons. The van der Waals surface area contributed by atoms with Gasteiger partial charge in [0, 0.05) is 11.7 Å². The molecule has 5 heteroatoms. The highest BCUT2D eigenvalue weighted by Crippen LogP contribution is 2.41. The lowest BCUT2D eigenvalue weighted by Crippen LogP contribution is -2.39. The molecule has 1 saturated carbocycles. The molecule has 1 heterocycles. The monoisotopic (exact) mass is 390 g/mol. The fraction of sp³-hybridized carbons (Fsp3) is 0.292. The number of ether oxygens (including phenoxy) is 1. The minimum Gasteiger partial charge on any atom is -0.497 e. The number of anilines is 1. The van der Waals surface area contributed by atoms with E-state index in [0.29, 0.717) is 12.5 Å².